The summed E-state index contributed by atoms with van der Waals surface area (Å²) in [6.07, 6.45) is 5.17. The molecule has 4 nitrogen and oxygen atoms in total. The number of methoxy groups -OCH3 is 1. The Bertz CT molecular complexity index is 289. The van der Waals surface area contributed by atoms with E-state index in [1.54, 1.807) is 13.0 Å². The number of allylic oxidation sites excluding steroid dienone is 3. The Kier molecular flexibility index (Phi) is 7.85. The van der Waals surface area contributed by atoms with Crippen LogP contribution in [0, 0.1) is 0 Å². The third-order valence-corrected chi connectivity index (χ3v) is 1.84. The number of hydrogen-bond donors (Lipinski definition) is 0. The van der Waals surface area contributed by atoms with E-state index in [1.807, 2.05) is 6.92 Å². The Labute approximate surface area is 95.9 Å². The third-order valence-electron chi connectivity index (χ3n) is 1.84. The van der Waals surface area contributed by atoms with Crippen molar-refractivity contribution in [3.63, 3.8) is 0 Å². The van der Waals surface area contributed by atoms with Gasteiger partial charge < -0.3 is 9.47 Å². The average molecular weight is 226 g/mol. The molecule has 0 bridgehead atoms. The Hall–Kier alpha value is -1.58. The van der Waals surface area contributed by atoms with Crippen molar-refractivity contribution in [3.05, 3.63) is 23.7 Å². The van der Waals surface area contributed by atoms with Crippen LogP contribution in [-0.2, 0) is 19.1 Å². The maximum Gasteiger partial charge on any atom is 0.224 e. The molecule has 0 amide bonds. The number of unbranched alkanes of at least 4 members (excludes halogenated alkanes) is 1. The summed E-state index contributed by atoms with van der Waals surface area (Å²) in [7, 11) is 1.33. The lowest BCUT2D eigenvalue weighted by molar-refractivity contribution is -0.116. The van der Waals surface area contributed by atoms with Crippen LogP contribution in [0.15, 0.2) is 23.7 Å². The van der Waals surface area contributed by atoms with Crippen LogP contribution in [0.1, 0.15) is 26.7 Å². The predicted octanol–water partition coefficient (Wildman–Crippen LogP) is 2.01. The quantitative estimate of drug-likeness (QED) is 0.275. The van der Waals surface area contributed by atoms with Crippen molar-refractivity contribution in [2.75, 3.05) is 13.7 Å². The van der Waals surface area contributed by atoms with Crippen molar-refractivity contribution in [1.29, 1.82) is 0 Å². The van der Waals surface area contributed by atoms with E-state index in [0.29, 0.717) is 12.9 Å². The molecule has 0 N–H and O–H groups in total. The Balaban J connectivity index is 4.81. The monoisotopic (exact) mass is 226 g/mol. The van der Waals surface area contributed by atoms with Crippen molar-refractivity contribution in [2.45, 2.75) is 26.7 Å². The van der Waals surface area contributed by atoms with Gasteiger partial charge in [-0.3, -0.25) is 9.59 Å². The van der Waals surface area contributed by atoms with Crippen LogP contribution in [-0.4, -0.2) is 25.8 Å². The van der Waals surface area contributed by atoms with Gasteiger partial charge in [-0.2, -0.15) is 0 Å². The van der Waals surface area contributed by atoms with Crippen LogP contribution in [0.3, 0.4) is 0 Å². The SMILES string of the molecule is C/C=C/C(=O)/C(OCCCC)=C(/C=O)OC. The number of aldehydes is 1. The van der Waals surface area contributed by atoms with Gasteiger partial charge in [0.25, 0.3) is 0 Å². The van der Waals surface area contributed by atoms with Gasteiger partial charge in [-0.15, -0.1) is 0 Å². The predicted molar refractivity (Wildman–Crippen MR) is 60.8 cm³/mol. The van der Waals surface area contributed by atoms with Gasteiger partial charge in [0.2, 0.25) is 17.3 Å². The molecule has 0 spiro atoms. The first-order valence-electron chi connectivity index (χ1n) is 5.24. The molecule has 0 aliphatic rings. The second-order valence-corrected chi connectivity index (χ2v) is 3.08. The van der Waals surface area contributed by atoms with E-state index < -0.39 is 0 Å². The van der Waals surface area contributed by atoms with Gasteiger partial charge in [-0.25, -0.2) is 0 Å². The maximum absolute atomic E-state index is 11.6. The first-order chi connectivity index (χ1) is 7.71. The van der Waals surface area contributed by atoms with E-state index in [9.17, 15) is 9.59 Å². The second-order valence-electron chi connectivity index (χ2n) is 3.08. The molecule has 90 valence electrons. The summed E-state index contributed by atoms with van der Waals surface area (Å²) in [6.45, 7) is 4.13. The van der Waals surface area contributed by atoms with Gasteiger partial charge in [-0.05, 0) is 19.4 Å². The van der Waals surface area contributed by atoms with Crippen LogP contribution in [0.2, 0.25) is 0 Å². The standard InChI is InChI=1S/C12H18O4/c1-4-6-8-16-12(10(14)7-5-2)11(9-13)15-3/h5,7,9H,4,6,8H2,1-3H3/b7-5+,12-11+. The van der Waals surface area contributed by atoms with E-state index in [1.165, 1.54) is 13.2 Å². The molecule has 0 atom stereocenters. The molecule has 0 rings (SSSR count). The van der Waals surface area contributed by atoms with E-state index in [-0.39, 0.29) is 17.3 Å². The van der Waals surface area contributed by atoms with Crippen molar-refractivity contribution >= 4 is 12.1 Å². The first-order valence-corrected chi connectivity index (χ1v) is 5.24. The average Bonchev–Trinajstić information content (AvgIpc) is 2.29. The fraction of sp³-hybridized carbons (Fsp3) is 0.500. The molecule has 4 heteroatoms. The summed E-state index contributed by atoms with van der Waals surface area (Å²) in [5, 5.41) is 0. The molecule has 0 aromatic rings. The number of carbonyl (C=O) groups is 2. The van der Waals surface area contributed by atoms with E-state index >= 15 is 0 Å². The minimum absolute atomic E-state index is 0.0240. The molecular weight excluding hydrogens is 208 g/mol. The van der Waals surface area contributed by atoms with Crippen LogP contribution < -0.4 is 0 Å². The van der Waals surface area contributed by atoms with Crippen molar-refractivity contribution < 1.29 is 19.1 Å². The molecule has 16 heavy (non-hydrogen) atoms. The molecule has 0 fully saturated rings. The summed E-state index contributed by atoms with van der Waals surface area (Å²) < 4.78 is 10.1. The topological polar surface area (TPSA) is 52.6 Å². The summed E-state index contributed by atoms with van der Waals surface area (Å²) >= 11 is 0. The summed E-state index contributed by atoms with van der Waals surface area (Å²) in [5.74, 6) is -0.453. The highest BCUT2D eigenvalue weighted by Gasteiger charge is 2.15. The maximum atomic E-state index is 11.6. The fourth-order valence-corrected chi connectivity index (χ4v) is 1.00. The lowest BCUT2D eigenvalue weighted by atomic mass is 10.2. The molecule has 0 aromatic carbocycles. The highest BCUT2D eigenvalue weighted by atomic mass is 16.5. The molecule has 0 aromatic heterocycles. The van der Waals surface area contributed by atoms with Crippen molar-refractivity contribution in [1.82, 2.24) is 0 Å². The van der Waals surface area contributed by atoms with Gasteiger partial charge in [0.1, 0.15) is 0 Å². The summed E-state index contributed by atoms with van der Waals surface area (Å²) in [5.41, 5.74) is 0. The third kappa shape index (κ3) is 4.77. The van der Waals surface area contributed by atoms with Gasteiger partial charge >= 0.3 is 0 Å². The van der Waals surface area contributed by atoms with E-state index in [0.717, 1.165) is 12.8 Å². The number of hydrogen-bond acceptors (Lipinski definition) is 4. The highest BCUT2D eigenvalue weighted by molar-refractivity contribution is 6.05. The number of ketones is 1. The Morgan fingerprint density at radius 3 is 2.50 bits per heavy atom. The van der Waals surface area contributed by atoms with Gasteiger partial charge in [-0.1, -0.05) is 19.4 Å². The van der Waals surface area contributed by atoms with E-state index in [4.69, 9.17) is 9.47 Å². The van der Waals surface area contributed by atoms with Gasteiger partial charge in [0.05, 0.1) is 13.7 Å². The molecular formula is C12H18O4. The zero-order chi connectivity index (χ0) is 12.4. The van der Waals surface area contributed by atoms with Crippen molar-refractivity contribution in [2.24, 2.45) is 0 Å². The number of carbonyl (C=O) groups excluding carboxylic acids is 2. The zero-order valence-corrected chi connectivity index (χ0v) is 9.99. The van der Waals surface area contributed by atoms with Gasteiger partial charge in [0, 0.05) is 0 Å². The van der Waals surface area contributed by atoms with Crippen LogP contribution in [0.5, 0.6) is 0 Å². The number of rotatable bonds is 8. The molecule has 0 radical (unpaired) electrons. The van der Waals surface area contributed by atoms with Crippen LogP contribution in [0.4, 0.5) is 0 Å². The lowest BCUT2D eigenvalue weighted by Crippen LogP contribution is -2.10. The molecule has 0 heterocycles. The Morgan fingerprint density at radius 1 is 1.38 bits per heavy atom. The smallest absolute Gasteiger partial charge is 0.224 e. The number of ether oxygens (including phenoxy) is 2. The lowest BCUT2D eigenvalue weighted by Gasteiger charge is -2.09. The van der Waals surface area contributed by atoms with Crippen LogP contribution >= 0.6 is 0 Å². The molecule has 0 aliphatic carbocycles. The highest BCUT2D eigenvalue weighted by Crippen LogP contribution is 2.09. The molecule has 0 unspecified atom stereocenters. The summed E-state index contributed by atoms with van der Waals surface area (Å²) in [4.78, 5) is 22.3. The van der Waals surface area contributed by atoms with Crippen molar-refractivity contribution in [3.8, 4) is 0 Å². The second kappa shape index (κ2) is 8.71. The minimum Gasteiger partial charge on any atom is -0.490 e. The first kappa shape index (κ1) is 14.4. The Morgan fingerprint density at radius 2 is 2.06 bits per heavy atom. The normalized spacial score (nSPS) is 12.2. The van der Waals surface area contributed by atoms with E-state index in [2.05, 4.69) is 0 Å². The van der Waals surface area contributed by atoms with Gasteiger partial charge in [0.15, 0.2) is 6.29 Å². The molecule has 0 saturated heterocycles. The fourth-order valence-electron chi connectivity index (χ4n) is 1.00. The zero-order valence-electron chi connectivity index (χ0n) is 9.99. The molecule has 0 aliphatic heterocycles. The summed E-state index contributed by atoms with van der Waals surface area (Å²) in [6, 6.07) is 0. The largest absolute Gasteiger partial charge is 0.490 e. The molecule has 0 saturated carbocycles. The van der Waals surface area contributed by atoms with Crippen LogP contribution in [0.25, 0.3) is 0 Å². The minimum atomic E-state index is -0.359.